The van der Waals surface area contributed by atoms with Crippen LogP contribution in [0.2, 0.25) is 0 Å². The Morgan fingerprint density at radius 2 is 1.94 bits per heavy atom. The van der Waals surface area contributed by atoms with Crippen molar-refractivity contribution in [2.45, 2.75) is 13.3 Å². The second-order valence-corrected chi connectivity index (χ2v) is 3.86. The molecule has 0 amide bonds. The van der Waals surface area contributed by atoms with Crippen molar-refractivity contribution in [2.75, 3.05) is 11.9 Å². The second kappa shape index (κ2) is 5.43. The van der Waals surface area contributed by atoms with Crippen molar-refractivity contribution in [3.05, 3.63) is 48.4 Å². The highest BCUT2D eigenvalue weighted by Crippen LogP contribution is 2.20. The summed E-state index contributed by atoms with van der Waals surface area (Å²) >= 11 is 0. The summed E-state index contributed by atoms with van der Waals surface area (Å²) in [5, 5.41) is 3.30. The first kappa shape index (κ1) is 11.6. The van der Waals surface area contributed by atoms with Gasteiger partial charge in [0.1, 0.15) is 5.82 Å². The van der Waals surface area contributed by atoms with Crippen molar-refractivity contribution in [3.63, 3.8) is 0 Å². The third-order valence-electron chi connectivity index (χ3n) is 2.48. The standard InChI is InChI=1S/C14H15FN2/c1-2-8-16-13-7-9-17-14(10-13)11-3-5-12(15)6-4-11/h3-7,9-10H,2,8H2,1H3,(H,16,17). The maximum Gasteiger partial charge on any atom is 0.123 e. The van der Waals surface area contributed by atoms with E-state index in [4.69, 9.17) is 0 Å². The van der Waals surface area contributed by atoms with Gasteiger partial charge in [0, 0.05) is 24.0 Å². The van der Waals surface area contributed by atoms with Crippen LogP contribution in [0, 0.1) is 5.82 Å². The van der Waals surface area contributed by atoms with E-state index in [1.54, 1.807) is 18.3 Å². The highest BCUT2D eigenvalue weighted by Gasteiger charge is 2.00. The van der Waals surface area contributed by atoms with Gasteiger partial charge in [0.2, 0.25) is 0 Å². The fourth-order valence-corrected chi connectivity index (χ4v) is 1.59. The Balaban J connectivity index is 2.23. The molecule has 0 bridgehead atoms. The van der Waals surface area contributed by atoms with Gasteiger partial charge in [-0.05, 0) is 42.8 Å². The van der Waals surface area contributed by atoms with E-state index in [2.05, 4.69) is 17.2 Å². The van der Waals surface area contributed by atoms with Crippen LogP contribution in [-0.2, 0) is 0 Å². The lowest BCUT2D eigenvalue weighted by molar-refractivity contribution is 0.628. The first-order valence-corrected chi connectivity index (χ1v) is 5.75. The third-order valence-corrected chi connectivity index (χ3v) is 2.48. The Bertz CT molecular complexity index is 480. The maximum absolute atomic E-state index is 12.8. The van der Waals surface area contributed by atoms with Gasteiger partial charge in [0.05, 0.1) is 5.69 Å². The van der Waals surface area contributed by atoms with Crippen molar-refractivity contribution in [3.8, 4) is 11.3 Å². The normalized spacial score (nSPS) is 10.2. The average molecular weight is 230 g/mol. The zero-order valence-electron chi connectivity index (χ0n) is 9.78. The molecule has 17 heavy (non-hydrogen) atoms. The SMILES string of the molecule is CCCNc1ccnc(-c2ccc(F)cc2)c1. The molecule has 88 valence electrons. The van der Waals surface area contributed by atoms with Crippen LogP contribution >= 0.6 is 0 Å². The first-order chi connectivity index (χ1) is 8.29. The molecule has 0 unspecified atom stereocenters. The summed E-state index contributed by atoms with van der Waals surface area (Å²) in [4.78, 5) is 4.28. The van der Waals surface area contributed by atoms with Crippen molar-refractivity contribution >= 4 is 5.69 Å². The molecule has 0 aliphatic rings. The van der Waals surface area contributed by atoms with Gasteiger partial charge >= 0.3 is 0 Å². The van der Waals surface area contributed by atoms with E-state index in [-0.39, 0.29) is 5.82 Å². The Hall–Kier alpha value is -1.90. The predicted octanol–water partition coefficient (Wildman–Crippen LogP) is 3.71. The average Bonchev–Trinajstić information content (AvgIpc) is 2.37. The summed E-state index contributed by atoms with van der Waals surface area (Å²) in [5.74, 6) is -0.228. The molecule has 2 rings (SSSR count). The van der Waals surface area contributed by atoms with Crippen LogP contribution in [0.3, 0.4) is 0 Å². The molecule has 1 heterocycles. The zero-order chi connectivity index (χ0) is 12.1. The lowest BCUT2D eigenvalue weighted by atomic mass is 10.1. The molecule has 2 nitrogen and oxygen atoms in total. The van der Waals surface area contributed by atoms with Gasteiger partial charge in [-0.3, -0.25) is 4.98 Å². The fraction of sp³-hybridized carbons (Fsp3) is 0.214. The van der Waals surface area contributed by atoms with Crippen molar-refractivity contribution in [1.82, 2.24) is 4.98 Å². The first-order valence-electron chi connectivity index (χ1n) is 5.75. The minimum atomic E-state index is -0.228. The van der Waals surface area contributed by atoms with Crippen molar-refractivity contribution < 1.29 is 4.39 Å². The van der Waals surface area contributed by atoms with Crippen LogP contribution in [0.1, 0.15) is 13.3 Å². The minimum Gasteiger partial charge on any atom is -0.385 e. The Morgan fingerprint density at radius 3 is 2.65 bits per heavy atom. The maximum atomic E-state index is 12.8. The zero-order valence-corrected chi connectivity index (χ0v) is 9.78. The topological polar surface area (TPSA) is 24.9 Å². The number of nitrogens with one attached hydrogen (secondary N) is 1. The molecule has 0 saturated heterocycles. The lowest BCUT2D eigenvalue weighted by Gasteiger charge is -2.06. The number of halogens is 1. The molecule has 1 aromatic carbocycles. The molecular formula is C14H15FN2. The molecule has 0 saturated carbocycles. The van der Waals surface area contributed by atoms with Gasteiger partial charge in [0.25, 0.3) is 0 Å². The highest BCUT2D eigenvalue weighted by atomic mass is 19.1. The fourth-order valence-electron chi connectivity index (χ4n) is 1.59. The molecule has 1 aromatic heterocycles. The van der Waals surface area contributed by atoms with Crippen LogP contribution < -0.4 is 5.32 Å². The van der Waals surface area contributed by atoms with Gasteiger partial charge in [-0.15, -0.1) is 0 Å². The van der Waals surface area contributed by atoms with Crippen LogP contribution in [0.15, 0.2) is 42.6 Å². The molecule has 3 heteroatoms. The van der Waals surface area contributed by atoms with Crippen molar-refractivity contribution in [2.24, 2.45) is 0 Å². The third kappa shape index (κ3) is 3.03. The molecule has 2 aromatic rings. The van der Waals surface area contributed by atoms with Gasteiger partial charge in [0.15, 0.2) is 0 Å². The van der Waals surface area contributed by atoms with E-state index in [1.807, 2.05) is 12.1 Å². The summed E-state index contributed by atoms with van der Waals surface area (Å²) in [6.07, 6.45) is 2.84. The molecule has 0 atom stereocenters. The molecule has 0 aliphatic heterocycles. The number of nitrogens with zero attached hydrogens (tertiary/aromatic N) is 1. The molecule has 0 fully saturated rings. The summed E-state index contributed by atoms with van der Waals surface area (Å²) in [6.45, 7) is 3.06. The van der Waals surface area contributed by atoms with E-state index in [9.17, 15) is 4.39 Å². The second-order valence-electron chi connectivity index (χ2n) is 3.86. The number of rotatable bonds is 4. The van der Waals surface area contributed by atoms with Gasteiger partial charge in [-0.2, -0.15) is 0 Å². The van der Waals surface area contributed by atoms with E-state index in [1.165, 1.54) is 12.1 Å². The van der Waals surface area contributed by atoms with E-state index in [0.717, 1.165) is 29.9 Å². The van der Waals surface area contributed by atoms with Crippen LogP contribution in [0.25, 0.3) is 11.3 Å². The van der Waals surface area contributed by atoms with Gasteiger partial charge in [-0.25, -0.2) is 4.39 Å². The number of anilines is 1. The molecule has 0 radical (unpaired) electrons. The van der Waals surface area contributed by atoms with Gasteiger partial charge in [-0.1, -0.05) is 6.92 Å². The quantitative estimate of drug-likeness (QED) is 0.866. The summed E-state index contributed by atoms with van der Waals surface area (Å²) < 4.78 is 12.8. The summed E-state index contributed by atoms with van der Waals surface area (Å²) in [5.41, 5.74) is 2.82. The lowest BCUT2D eigenvalue weighted by Crippen LogP contribution is -1.99. The van der Waals surface area contributed by atoms with Crippen molar-refractivity contribution in [1.29, 1.82) is 0 Å². The molecular weight excluding hydrogens is 215 g/mol. The van der Waals surface area contributed by atoms with Gasteiger partial charge < -0.3 is 5.32 Å². The Kier molecular flexibility index (Phi) is 3.70. The van der Waals surface area contributed by atoms with E-state index < -0.39 is 0 Å². The minimum absolute atomic E-state index is 0.228. The highest BCUT2D eigenvalue weighted by molar-refractivity contribution is 5.63. The van der Waals surface area contributed by atoms with Crippen LogP contribution in [0.5, 0.6) is 0 Å². The number of aromatic nitrogens is 1. The largest absolute Gasteiger partial charge is 0.385 e. The van der Waals surface area contributed by atoms with E-state index in [0.29, 0.717) is 0 Å². The van der Waals surface area contributed by atoms with Crippen LogP contribution in [0.4, 0.5) is 10.1 Å². The Morgan fingerprint density at radius 1 is 1.18 bits per heavy atom. The monoisotopic (exact) mass is 230 g/mol. The number of benzene rings is 1. The molecule has 1 N–H and O–H groups in total. The number of pyridine rings is 1. The van der Waals surface area contributed by atoms with E-state index >= 15 is 0 Å². The molecule has 0 spiro atoms. The van der Waals surface area contributed by atoms with Crippen LogP contribution in [-0.4, -0.2) is 11.5 Å². The molecule has 0 aliphatic carbocycles. The smallest absolute Gasteiger partial charge is 0.123 e. The summed E-state index contributed by atoms with van der Waals surface area (Å²) in [6, 6.07) is 10.3. The number of hydrogen-bond acceptors (Lipinski definition) is 2. The predicted molar refractivity (Wildman–Crippen MR) is 68.4 cm³/mol. The summed E-state index contributed by atoms with van der Waals surface area (Å²) in [7, 11) is 0. The Labute approximate surface area is 101 Å². The number of hydrogen-bond donors (Lipinski definition) is 1.